The van der Waals surface area contributed by atoms with Crippen LogP contribution in [0.1, 0.15) is 21.5 Å². The van der Waals surface area contributed by atoms with Crippen molar-refractivity contribution in [3.8, 4) is 5.75 Å². The van der Waals surface area contributed by atoms with Gasteiger partial charge in [-0.15, -0.1) is 0 Å². The van der Waals surface area contributed by atoms with Crippen molar-refractivity contribution in [1.82, 2.24) is 3.82 Å². The first kappa shape index (κ1) is 24.3. The molecule has 1 fully saturated rings. The van der Waals surface area contributed by atoms with E-state index in [0.717, 1.165) is 16.0 Å². The fraction of sp³-hybridized carbons (Fsp3) is 0.0870. The number of hydrogen-bond acceptors (Lipinski definition) is 8. The number of sulfonamides is 1. The molecule has 180 valence electrons. The second-order valence-corrected chi connectivity index (χ2v) is 9.97. The lowest BCUT2D eigenvalue weighted by molar-refractivity contribution is -0.385. The Bertz CT molecular complexity index is 1410. The number of ether oxygens (including phenoxy) is 1. The minimum atomic E-state index is -3.80. The third kappa shape index (κ3) is 5.14. The average molecular weight is 514 g/mol. The maximum absolute atomic E-state index is 12.8. The van der Waals surface area contributed by atoms with Gasteiger partial charge in [0.05, 0.1) is 33.2 Å². The monoisotopic (exact) mass is 513 g/mol. The molecular formula is C23H19N3O7S2. The van der Waals surface area contributed by atoms with Crippen molar-refractivity contribution in [2.75, 3.05) is 11.6 Å². The van der Waals surface area contributed by atoms with Gasteiger partial charge < -0.3 is 9.84 Å². The Labute approximate surface area is 206 Å². The summed E-state index contributed by atoms with van der Waals surface area (Å²) >= 11 is 4.15. The van der Waals surface area contributed by atoms with Crippen LogP contribution in [-0.4, -0.2) is 34.8 Å². The summed E-state index contributed by atoms with van der Waals surface area (Å²) < 4.78 is 32.1. The van der Waals surface area contributed by atoms with E-state index in [4.69, 9.17) is 9.84 Å². The number of carboxylic acids is 1. The van der Waals surface area contributed by atoms with Crippen LogP contribution in [0.3, 0.4) is 0 Å². The topological polar surface area (TPSA) is 130 Å². The molecule has 1 aliphatic rings. The summed E-state index contributed by atoms with van der Waals surface area (Å²) in [7, 11) is -3.80. The first-order valence-corrected chi connectivity index (χ1v) is 12.0. The number of aromatic carboxylic acids is 1. The SMILES string of the molecule is O=C(O)c1ccc([N+](=O)[O-])c(COc2ccc(/C=C3/CN(c4ccccc4)N(S)S3(=O)=O)cc2)c1. The van der Waals surface area contributed by atoms with E-state index in [1.54, 1.807) is 48.5 Å². The van der Waals surface area contributed by atoms with Gasteiger partial charge in [0.25, 0.3) is 15.7 Å². The number of rotatable bonds is 7. The number of hydrazine groups is 1. The molecule has 0 aromatic heterocycles. The van der Waals surface area contributed by atoms with E-state index >= 15 is 0 Å². The summed E-state index contributed by atoms with van der Waals surface area (Å²) in [5.74, 6) is -0.829. The van der Waals surface area contributed by atoms with Crippen molar-refractivity contribution >= 4 is 46.3 Å². The van der Waals surface area contributed by atoms with Crippen molar-refractivity contribution < 1.29 is 28.0 Å². The van der Waals surface area contributed by atoms with Crippen LogP contribution in [0.2, 0.25) is 0 Å². The van der Waals surface area contributed by atoms with Crippen LogP contribution in [0.4, 0.5) is 11.4 Å². The van der Waals surface area contributed by atoms with Gasteiger partial charge >= 0.3 is 5.97 Å². The fourth-order valence-corrected chi connectivity index (χ4v) is 5.13. The molecule has 10 nitrogen and oxygen atoms in total. The molecule has 0 atom stereocenters. The number of carbonyl (C=O) groups is 1. The van der Waals surface area contributed by atoms with Gasteiger partial charge in [0.2, 0.25) is 0 Å². The van der Waals surface area contributed by atoms with E-state index < -0.39 is 20.9 Å². The molecule has 1 heterocycles. The van der Waals surface area contributed by atoms with Crippen LogP contribution in [0.25, 0.3) is 6.08 Å². The predicted octanol–water partition coefficient (Wildman–Crippen LogP) is 4.12. The van der Waals surface area contributed by atoms with E-state index in [-0.39, 0.29) is 34.9 Å². The molecule has 0 spiro atoms. The molecule has 0 aliphatic carbocycles. The number of benzene rings is 3. The van der Waals surface area contributed by atoms with Crippen LogP contribution in [0.15, 0.2) is 77.7 Å². The van der Waals surface area contributed by atoms with Crippen molar-refractivity contribution in [2.45, 2.75) is 6.61 Å². The summed E-state index contributed by atoms with van der Waals surface area (Å²) in [4.78, 5) is 22.0. The van der Waals surface area contributed by atoms with Gasteiger partial charge in [-0.25, -0.2) is 13.2 Å². The molecule has 1 N–H and O–H groups in total. The molecule has 3 aromatic carbocycles. The molecule has 0 bridgehead atoms. The van der Waals surface area contributed by atoms with Gasteiger partial charge in [-0.1, -0.05) is 47.0 Å². The first-order chi connectivity index (χ1) is 16.7. The number of nitro benzene ring substituents is 1. The number of carboxylic acid groups (broad SMARTS) is 1. The van der Waals surface area contributed by atoms with Gasteiger partial charge in [0.15, 0.2) is 0 Å². The van der Waals surface area contributed by atoms with E-state index in [0.29, 0.717) is 17.0 Å². The maximum atomic E-state index is 12.8. The Hall–Kier alpha value is -3.87. The molecule has 0 radical (unpaired) electrons. The lowest BCUT2D eigenvalue weighted by Crippen LogP contribution is -2.30. The van der Waals surface area contributed by atoms with Crippen molar-refractivity contribution in [3.05, 3.63) is 105 Å². The Morgan fingerprint density at radius 3 is 2.43 bits per heavy atom. The van der Waals surface area contributed by atoms with Gasteiger partial charge in [-0.2, -0.15) is 0 Å². The molecule has 1 aliphatic heterocycles. The molecule has 12 heteroatoms. The third-order valence-electron chi connectivity index (χ3n) is 5.24. The molecule has 35 heavy (non-hydrogen) atoms. The van der Waals surface area contributed by atoms with Gasteiger partial charge in [0, 0.05) is 6.07 Å². The predicted molar refractivity (Wildman–Crippen MR) is 132 cm³/mol. The molecule has 1 saturated heterocycles. The Morgan fingerprint density at radius 1 is 1.11 bits per heavy atom. The molecule has 4 rings (SSSR count). The zero-order valence-corrected chi connectivity index (χ0v) is 19.7. The Morgan fingerprint density at radius 2 is 1.80 bits per heavy atom. The molecular weight excluding hydrogens is 494 g/mol. The fourth-order valence-electron chi connectivity index (χ4n) is 3.45. The lowest BCUT2D eigenvalue weighted by Gasteiger charge is -2.21. The lowest BCUT2D eigenvalue weighted by atomic mass is 10.1. The second-order valence-electron chi connectivity index (χ2n) is 7.50. The van der Waals surface area contributed by atoms with E-state index in [1.165, 1.54) is 17.2 Å². The molecule has 0 saturated carbocycles. The van der Waals surface area contributed by atoms with Crippen molar-refractivity contribution in [2.24, 2.45) is 0 Å². The summed E-state index contributed by atoms with van der Waals surface area (Å²) in [5.41, 5.74) is 1.07. The molecule has 3 aromatic rings. The largest absolute Gasteiger partial charge is 0.489 e. The zero-order chi connectivity index (χ0) is 25.2. The number of hydrogen-bond donors (Lipinski definition) is 2. The van der Waals surface area contributed by atoms with Crippen LogP contribution >= 0.6 is 12.8 Å². The highest BCUT2D eigenvalue weighted by Crippen LogP contribution is 2.33. The van der Waals surface area contributed by atoms with Crippen LogP contribution in [-0.2, 0) is 16.6 Å². The van der Waals surface area contributed by atoms with Gasteiger partial charge in [0.1, 0.15) is 12.4 Å². The second kappa shape index (κ2) is 9.78. The van der Waals surface area contributed by atoms with Crippen molar-refractivity contribution in [1.29, 1.82) is 0 Å². The van der Waals surface area contributed by atoms with Crippen LogP contribution < -0.4 is 9.75 Å². The maximum Gasteiger partial charge on any atom is 0.335 e. The van der Waals surface area contributed by atoms with Gasteiger partial charge in [-0.3, -0.25) is 15.1 Å². The first-order valence-electron chi connectivity index (χ1n) is 10.2. The van der Waals surface area contributed by atoms with E-state index in [9.17, 15) is 23.3 Å². The minimum absolute atomic E-state index is 0.0864. The highest BCUT2D eigenvalue weighted by atomic mass is 32.3. The number of para-hydroxylation sites is 1. The summed E-state index contributed by atoms with van der Waals surface area (Å²) in [6, 6.07) is 19.0. The number of anilines is 1. The summed E-state index contributed by atoms with van der Waals surface area (Å²) in [6.07, 6.45) is 1.53. The summed E-state index contributed by atoms with van der Waals surface area (Å²) in [6.45, 7) is -0.107. The van der Waals surface area contributed by atoms with Crippen LogP contribution in [0.5, 0.6) is 5.75 Å². The standard InChI is InChI=1S/C23H19N3O7S2/c27-23(28)17-8-11-22(25(29)30)18(13-17)15-33-20-9-6-16(7-10-20)12-21-14-24(26(34)35(21,31)32)19-4-2-1-3-5-19/h1-13,34H,14-15H2,(H,27,28)/b21-12-. The normalized spacial score (nSPS) is 16.4. The highest BCUT2D eigenvalue weighted by molar-refractivity contribution is 8.02. The Kier molecular flexibility index (Phi) is 6.78. The Balaban J connectivity index is 1.51. The zero-order valence-electron chi connectivity index (χ0n) is 18.0. The minimum Gasteiger partial charge on any atom is -0.489 e. The number of nitrogens with zero attached hydrogens (tertiary/aromatic N) is 3. The van der Waals surface area contributed by atoms with Crippen molar-refractivity contribution in [3.63, 3.8) is 0 Å². The molecule has 0 unspecified atom stereocenters. The molecule has 0 amide bonds. The van der Waals surface area contributed by atoms with Crippen LogP contribution in [0, 0.1) is 10.1 Å². The summed E-state index contributed by atoms with van der Waals surface area (Å²) in [5, 5.41) is 21.9. The van der Waals surface area contributed by atoms with E-state index in [2.05, 4.69) is 12.8 Å². The van der Waals surface area contributed by atoms with Gasteiger partial charge in [-0.05, 0) is 48.0 Å². The quantitative estimate of drug-likeness (QED) is 0.274. The highest BCUT2D eigenvalue weighted by Gasteiger charge is 2.38. The third-order valence-corrected chi connectivity index (χ3v) is 7.64. The average Bonchev–Trinajstić information content (AvgIpc) is 3.07. The number of thiol groups is 1. The smallest absolute Gasteiger partial charge is 0.335 e. The number of nitro groups is 1. The van der Waals surface area contributed by atoms with E-state index in [1.807, 2.05) is 6.07 Å².